The molecule has 1 aromatic rings. The van der Waals surface area contributed by atoms with Crippen molar-refractivity contribution < 1.29 is 14.3 Å². The molecule has 5 heteroatoms. The van der Waals surface area contributed by atoms with Crippen molar-refractivity contribution in [3.8, 4) is 5.75 Å². The van der Waals surface area contributed by atoms with E-state index in [-0.39, 0.29) is 11.9 Å². The monoisotopic (exact) mass is 299 g/mol. The molecule has 0 aliphatic carbocycles. The number of halogens is 1. The summed E-state index contributed by atoms with van der Waals surface area (Å²) in [5, 5.41) is 3.55. The van der Waals surface area contributed by atoms with Gasteiger partial charge in [0.25, 0.3) is 5.91 Å². The molecule has 0 aliphatic rings. The van der Waals surface area contributed by atoms with Gasteiger partial charge in [0.2, 0.25) is 0 Å². The summed E-state index contributed by atoms with van der Waals surface area (Å²) in [5.74, 6) is 0.478. The summed E-state index contributed by atoms with van der Waals surface area (Å²) in [6.07, 6.45) is -0.575. The molecule has 1 N–H and O–H groups in total. The van der Waals surface area contributed by atoms with Crippen LogP contribution in [0, 0.1) is 13.8 Å². The van der Waals surface area contributed by atoms with E-state index in [1.54, 1.807) is 14.0 Å². The van der Waals surface area contributed by atoms with Crippen molar-refractivity contribution in [2.75, 3.05) is 13.7 Å². The van der Waals surface area contributed by atoms with Gasteiger partial charge in [-0.3, -0.25) is 4.79 Å². The van der Waals surface area contributed by atoms with E-state index in [0.717, 1.165) is 16.1 Å². The highest BCUT2D eigenvalue weighted by Crippen LogP contribution is 2.26. The minimum absolute atomic E-state index is 0.0489. The average molecular weight is 300 g/mol. The number of hydrogen-bond acceptors (Lipinski definition) is 3. The van der Waals surface area contributed by atoms with Gasteiger partial charge in [-0.1, -0.05) is 11.6 Å². The predicted molar refractivity (Wildman–Crippen MR) is 80.5 cm³/mol. The Morgan fingerprint density at radius 2 is 1.85 bits per heavy atom. The lowest BCUT2D eigenvalue weighted by molar-refractivity contribution is -0.128. The number of carbonyl (C=O) groups is 1. The van der Waals surface area contributed by atoms with E-state index >= 15 is 0 Å². The number of rotatable bonds is 6. The van der Waals surface area contributed by atoms with E-state index in [1.165, 1.54) is 0 Å². The summed E-state index contributed by atoms with van der Waals surface area (Å²) in [7, 11) is 1.60. The highest BCUT2D eigenvalue weighted by Gasteiger charge is 2.17. The van der Waals surface area contributed by atoms with Gasteiger partial charge in [0.1, 0.15) is 5.75 Å². The van der Waals surface area contributed by atoms with Crippen LogP contribution in [0.25, 0.3) is 0 Å². The maximum absolute atomic E-state index is 12.0. The molecule has 1 amide bonds. The zero-order valence-corrected chi connectivity index (χ0v) is 13.4. The van der Waals surface area contributed by atoms with Crippen LogP contribution in [0.15, 0.2) is 12.1 Å². The largest absolute Gasteiger partial charge is 0.481 e. The minimum Gasteiger partial charge on any atom is -0.481 e. The molecule has 1 rings (SSSR count). The van der Waals surface area contributed by atoms with Gasteiger partial charge in [-0.05, 0) is 51.0 Å². The number of nitrogens with one attached hydrogen (secondary N) is 1. The first-order valence-corrected chi connectivity index (χ1v) is 6.95. The molecule has 4 nitrogen and oxygen atoms in total. The van der Waals surface area contributed by atoms with Gasteiger partial charge in [0, 0.05) is 18.2 Å². The zero-order chi connectivity index (χ0) is 15.3. The first-order chi connectivity index (χ1) is 9.35. The third kappa shape index (κ3) is 4.69. The van der Waals surface area contributed by atoms with Crippen LogP contribution in [-0.4, -0.2) is 31.8 Å². The Labute approximate surface area is 125 Å². The molecular weight excluding hydrogens is 278 g/mol. The summed E-state index contributed by atoms with van der Waals surface area (Å²) in [6.45, 7) is 7.89. The predicted octanol–water partition coefficient (Wildman–Crippen LogP) is 2.88. The molecule has 0 heterocycles. The molecule has 0 aromatic heterocycles. The molecule has 2 atom stereocenters. The van der Waals surface area contributed by atoms with E-state index < -0.39 is 6.10 Å². The molecule has 0 bridgehead atoms. The molecule has 0 spiro atoms. The summed E-state index contributed by atoms with van der Waals surface area (Å²) in [6, 6.07) is 3.61. The summed E-state index contributed by atoms with van der Waals surface area (Å²) in [4.78, 5) is 12.0. The molecule has 0 saturated heterocycles. The first kappa shape index (κ1) is 16.8. The second-order valence-corrected chi connectivity index (χ2v) is 5.37. The van der Waals surface area contributed by atoms with Crippen molar-refractivity contribution >= 4 is 17.5 Å². The number of aryl methyl sites for hydroxylation is 2. The zero-order valence-electron chi connectivity index (χ0n) is 12.6. The standard InChI is InChI=1S/C15H22ClNO3/c1-9-6-13(7-10(2)14(9)16)20-12(4)15(18)17-11(3)8-19-5/h6-7,11-12H,8H2,1-5H3,(H,17,18)/t11-,12+/m1/s1. The topological polar surface area (TPSA) is 47.6 Å². The Balaban J connectivity index is 2.66. The summed E-state index contributed by atoms with van der Waals surface area (Å²) >= 11 is 6.10. The normalized spacial score (nSPS) is 13.7. The number of ether oxygens (including phenoxy) is 2. The number of methoxy groups -OCH3 is 1. The second-order valence-electron chi connectivity index (χ2n) is 5.00. The van der Waals surface area contributed by atoms with E-state index in [1.807, 2.05) is 32.9 Å². The fourth-order valence-corrected chi connectivity index (χ4v) is 1.99. The van der Waals surface area contributed by atoms with Gasteiger partial charge in [-0.25, -0.2) is 0 Å². The smallest absolute Gasteiger partial charge is 0.261 e. The van der Waals surface area contributed by atoms with Gasteiger partial charge < -0.3 is 14.8 Å². The fourth-order valence-electron chi connectivity index (χ4n) is 1.88. The van der Waals surface area contributed by atoms with Crippen molar-refractivity contribution in [2.24, 2.45) is 0 Å². The minimum atomic E-state index is -0.575. The van der Waals surface area contributed by atoms with Gasteiger partial charge in [0.05, 0.1) is 6.61 Å². The van der Waals surface area contributed by atoms with Crippen molar-refractivity contribution in [3.63, 3.8) is 0 Å². The molecule has 0 fully saturated rings. The highest BCUT2D eigenvalue weighted by molar-refractivity contribution is 6.32. The number of carbonyl (C=O) groups excluding carboxylic acids is 1. The lowest BCUT2D eigenvalue weighted by Crippen LogP contribution is -2.43. The second kappa shape index (κ2) is 7.50. The maximum atomic E-state index is 12.0. The van der Waals surface area contributed by atoms with Gasteiger partial charge in [-0.2, -0.15) is 0 Å². The van der Waals surface area contributed by atoms with E-state index in [0.29, 0.717) is 12.4 Å². The SMILES string of the molecule is COC[C@@H](C)NC(=O)[C@H](C)Oc1cc(C)c(Cl)c(C)c1. The summed E-state index contributed by atoms with van der Waals surface area (Å²) < 4.78 is 10.6. The lowest BCUT2D eigenvalue weighted by Gasteiger charge is -2.19. The molecular formula is C15H22ClNO3. The van der Waals surface area contributed by atoms with Crippen LogP contribution in [0.1, 0.15) is 25.0 Å². The Morgan fingerprint density at radius 3 is 2.35 bits per heavy atom. The first-order valence-electron chi connectivity index (χ1n) is 6.57. The third-order valence-electron chi connectivity index (χ3n) is 2.90. The van der Waals surface area contributed by atoms with Crippen LogP contribution in [0.3, 0.4) is 0 Å². The van der Waals surface area contributed by atoms with E-state index in [4.69, 9.17) is 21.1 Å². The van der Waals surface area contributed by atoms with Gasteiger partial charge in [-0.15, -0.1) is 0 Å². The van der Waals surface area contributed by atoms with Crippen LogP contribution in [0.2, 0.25) is 5.02 Å². The van der Waals surface area contributed by atoms with E-state index in [9.17, 15) is 4.79 Å². The highest BCUT2D eigenvalue weighted by atomic mass is 35.5. The van der Waals surface area contributed by atoms with Gasteiger partial charge in [0.15, 0.2) is 6.10 Å². The van der Waals surface area contributed by atoms with Crippen molar-refractivity contribution in [3.05, 3.63) is 28.3 Å². The van der Waals surface area contributed by atoms with E-state index in [2.05, 4.69) is 5.32 Å². The Bertz CT molecular complexity index is 453. The molecule has 0 unspecified atom stereocenters. The number of amides is 1. The van der Waals surface area contributed by atoms with Crippen LogP contribution < -0.4 is 10.1 Å². The average Bonchev–Trinajstić information content (AvgIpc) is 2.35. The van der Waals surface area contributed by atoms with Crippen LogP contribution in [0.4, 0.5) is 0 Å². The quantitative estimate of drug-likeness (QED) is 0.878. The molecule has 0 radical (unpaired) electrons. The fraction of sp³-hybridized carbons (Fsp3) is 0.533. The van der Waals surface area contributed by atoms with Crippen LogP contribution >= 0.6 is 11.6 Å². The third-order valence-corrected chi connectivity index (χ3v) is 3.49. The molecule has 0 saturated carbocycles. The summed E-state index contributed by atoms with van der Waals surface area (Å²) in [5.41, 5.74) is 1.86. The van der Waals surface area contributed by atoms with Crippen molar-refractivity contribution in [1.29, 1.82) is 0 Å². The number of hydrogen-bond donors (Lipinski definition) is 1. The molecule has 112 valence electrons. The van der Waals surface area contributed by atoms with Crippen molar-refractivity contribution in [1.82, 2.24) is 5.32 Å². The molecule has 1 aromatic carbocycles. The number of benzene rings is 1. The Hall–Kier alpha value is -1.26. The van der Waals surface area contributed by atoms with Gasteiger partial charge >= 0.3 is 0 Å². The lowest BCUT2D eigenvalue weighted by atomic mass is 10.1. The Kier molecular flexibility index (Phi) is 6.30. The van der Waals surface area contributed by atoms with Crippen LogP contribution in [-0.2, 0) is 9.53 Å². The Morgan fingerprint density at radius 1 is 1.30 bits per heavy atom. The maximum Gasteiger partial charge on any atom is 0.261 e. The van der Waals surface area contributed by atoms with Crippen LogP contribution in [0.5, 0.6) is 5.75 Å². The molecule has 0 aliphatic heterocycles. The molecule has 20 heavy (non-hydrogen) atoms. The van der Waals surface area contributed by atoms with Crippen molar-refractivity contribution in [2.45, 2.75) is 39.8 Å².